The van der Waals surface area contributed by atoms with Gasteiger partial charge in [0.2, 0.25) is 0 Å². The Labute approximate surface area is 143 Å². The Morgan fingerprint density at radius 2 is 1.59 bits per heavy atom. The van der Waals surface area contributed by atoms with Crippen LogP contribution in [0.1, 0.15) is 16.7 Å². The molecule has 2 aliphatic rings. The van der Waals surface area contributed by atoms with Crippen LogP contribution >= 0.6 is 22.6 Å². The van der Waals surface area contributed by atoms with Crippen molar-refractivity contribution >= 4 is 33.7 Å². The SMILES string of the molecule is Cc1ccc2c(c1)OCC1=C2COc2cc(OCI)ccc21. The smallest absolute Gasteiger partial charge is 0.139 e. The molecule has 4 heteroatoms. The highest BCUT2D eigenvalue weighted by Gasteiger charge is 2.27. The minimum absolute atomic E-state index is 0.579. The van der Waals surface area contributed by atoms with Gasteiger partial charge in [-0.05, 0) is 53.3 Å². The van der Waals surface area contributed by atoms with Crippen LogP contribution in [0.4, 0.5) is 0 Å². The van der Waals surface area contributed by atoms with E-state index in [9.17, 15) is 0 Å². The number of benzene rings is 2. The number of halogens is 1. The maximum atomic E-state index is 5.97. The van der Waals surface area contributed by atoms with Crippen molar-refractivity contribution in [3.8, 4) is 17.2 Å². The van der Waals surface area contributed by atoms with Crippen LogP contribution < -0.4 is 14.2 Å². The lowest BCUT2D eigenvalue weighted by atomic mass is 9.90. The van der Waals surface area contributed by atoms with E-state index < -0.39 is 0 Å². The molecule has 0 saturated carbocycles. The summed E-state index contributed by atoms with van der Waals surface area (Å²) in [5.74, 6) is 2.67. The predicted molar refractivity (Wildman–Crippen MR) is 94.9 cm³/mol. The lowest BCUT2D eigenvalue weighted by molar-refractivity contribution is 0.334. The van der Waals surface area contributed by atoms with Gasteiger partial charge in [0.25, 0.3) is 0 Å². The van der Waals surface area contributed by atoms with E-state index in [0.29, 0.717) is 17.8 Å². The number of ether oxygens (including phenoxy) is 3. The monoisotopic (exact) mass is 406 g/mol. The quantitative estimate of drug-likeness (QED) is 0.545. The van der Waals surface area contributed by atoms with Crippen LogP contribution in [0.3, 0.4) is 0 Å². The van der Waals surface area contributed by atoms with Gasteiger partial charge in [-0.2, -0.15) is 0 Å². The third-order valence-electron chi connectivity index (χ3n) is 4.07. The van der Waals surface area contributed by atoms with Gasteiger partial charge in [-0.25, -0.2) is 0 Å². The van der Waals surface area contributed by atoms with Crippen molar-refractivity contribution in [2.24, 2.45) is 0 Å². The molecule has 0 N–H and O–H groups in total. The van der Waals surface area contributed by atoms with Gasteiger partial charge in [0.1, 0.15) is 35.1 Å². The Morgan fingerprint density at radius 3 is 2.27 bits per heavy atom. The third-order valence-corrected chi connectivity index (χ3v) is 4.38. The molecular weight excluding hydrogens is 391 g/mol. The van der Waals surface area contributed by atoms with Crippen LogP contribution in [-0.2, 0) is 0 Å². The van der Waals surface area contributed by atoms with Crippen molar-refractivity contribution in [2.45, 2.75) is 6.92 Å². The molecule has 0 amide bonds. The lowest BCUT2D eigenvalue weighted by Gasteiger charge is -2.29. The Bertz CT molecular complexity index is 780. The van der Waals surface area contributed by atoms with Crippen LogP contribution in [0.15, 0.2) is 36.4 Å². The van der Waals surface area contributed by atoms with Gasteiger partial charge in [0.15, 0.2) is 0 Å². The van der Waals surface area contributed by atoms with E-state index in [1.54, 1.807) is 0 Å². The second-order valence-electron chi connectivity index (χ2n) is 5.45. The first-order valence-corrected chi connectivity index (χ1v) is 8.70. The molecule has 2 aromatic rings. The number of rotatable bonds is 2. The van der Waals surface area contributed by atoms with Gasteiger partial charge < -0.3 is 14.2 Å². The van der Waals surface area contributed by atoms with Crippen molar-refractivity contribution in [1.29, 1.82) is 0 Å². The fraction of sp³-hybridized carbons (Fsp3) is 0.222. The van der Waals surface area contributed by atoms with E-state index in [1.165, 1.54) is 16.7 Å². The average Bonchev–Trinajstić information content (AvgIpc) is 2.54. The van der Waals surface area contributed by atoms with E-state index in [1.807, 2.05) is 12.1 Å². The van der Waals surface area contributed by atoms with Crippen molar-refractivity contribution in [3.05, 3.63) is 53.1 Å². The molecule has 0 fully saturated rings. The Hall–Kier alpha value is -1.69. The van der Waals surface area contributed by atoms with Crippen LogP contribution in [0.5, 0.6) is 17.2 Å². The largest absolute Gasteiger partial charge is 0.488 e. The van der Waals surface area contributed by atoms with Crippen molar-refractivity contribution in [3.63, 3.8) is 0 Å². The molecular formula is C18H15IO3. The zero-order chi connectivity index (χ0) is 15.1. The summed E-state index contributed by atoms with van der Waals surface area (Å²) in [5.41, 5.74) is 5.91. The Balaban J connectivity index is 1.81. The molecule has 4 rings (SSSR count). The van der Waals surface area contributed by atoms with E-state index in [4.69, 9.17) is 14.2 Å². The topological polar surface area (TPSA) is 27.7 Å². The summed E-state index contributed by atoms with van der Waals surface area (Å²) in [6, 6.07) is 12.3. The maximum absolute atomic E-state index is 5.97. The zero-order valence-corrected chi connectivity index (χ0v) is 14.3. The van der Waals surface area contributed by atoms with Crippen LogP contribution in [0.2, 0.25) is 0 Å². The van der Waals surface area contributed by atoms with Crippen molar-refractivity contribution < 1.29 is 14.2 Å². The first-order chi connectivity index (χ1) is 10.8. The van der Waals surface area contributed by atoms with Crippen LogP contribution in [0.25, 0.3) is 11.1 Å². The summed E-state index contributed by atoms with van der Waals surface area (Å²) in [6.45, 7) is 3.25. The number of hydrogen-bond acceptors (Lipinski definition) is 3. The molecule has 2 aromatic carbocycles. The molecule has 0 bridgehead atoms. The fourth-order valence-electron chi connectivity index (χ4n) is 2.98. The first-order valence-electron chi connectivity index (χ1n) is 7.18. The molecule has 0 radical (unpaired) electrons. The van der Waals surface area contributed by atoms with Gasteiger partial charge in [-0.1, -0.05) is 12.1 Å². The number of hydrogen-bond donors (Lipinski definition) is 0. The standard InChI is InChI=1S/C18H15IO3/c1-11-2-4-13-15-9-21-18-7-12(22-10-19)3-5-14(18)16(15)8-20-17(13)6-11/h2-7H,8-10H2,1H3. The molecule has 22 heavy (non-hydrogen) atoms. The van der Waals surface area contributed by atoms with Crippen LogP contribution in [-0.4, -0.2) is 17.8 Å². The van der Waals surface area contributed by atoms with E-state index >= 15 is 0 Å². The second kappa shape index (κ2) is 5.50. The first kappa shape index (κ1) is 13.9. The fourth-order valence-corrected chi connectivity index (χ4v) is 3.34. The van der Waals surface area contributed by atoms with Crippen LogP contribution in [0, 0.1) is 6.92 Å². The number of alkyl halides is 1. The zero-order valence-electron chi connectivity index (χ0n) is 12.2. The van der Waals surface area contributed by atoms with E-state index in [0.717, 1.165) is 28.4 Å². The minimum Gasteiger partial charge on any atom is -0.488 e. The average molecular weight is 406 g/mol. The highest BCUT2D eigenvalue weighted by molar-refractivity contribution is 14.1. The third kappa shape index (κ3) is 2.26. The van der Waals surface area contributed by atoms with Gasteiger partial charge >= 0.3 is 0 Å². The van der Waals surface area contributed by atoms with Gasteiger partial charge in [-0.15, -0.1) is 0 Å². The molecule has 0 aromatic heterocycles. The molecule has 0 spiro atoms. The normalized spacial score (nSPS) is 15.2. The highest BCUT2D eigenvalue weighted by atomic mass is 127. The lowest BCUT2D eigenvalue weighted by Crippen LogP contribution is -2.19. The molecule has 0 unspecified atom stereocenters. The number of fused-ring (bicyclic) bond motifs is 4. The van der Waals surface area contributed by atoms with Crippen molar-refractivity contribution in [2.75, 3.05) is 17.8 Å². The predicted octanol–water partition coefficient (Wildman–Crippen LogP) is 4.46. The van der Waals surface area contributed by atoms with Crippen molar-refractivity contribution in [1.82, 2.24) is 0 Å². The number of aryl methyl sites for hydroxylation is 1. The van der Waals surface area contributed by atoms with Gasteiger partial charge in [-0.3, -0.25) is 0 Å². The summed E-state index contributed by atoms with van der Waals surface area (Å²) in [6.07, 6.45) is 0. The summed E-state index contributed by atoms with van der Waals surface area (Å²) >= 11 is 2.19. The van der Waals surface area contributed by atoms with E-state index in [-0.39, 0.29) is 0 Å². The summed E-state index contributed by atoms with van der Waals surface area (Å²) in [7, 11) is 0. The van der Waals surface area contributed by atoms with Gasteiger partial charge in [0, 0.05) is 28.3 Å². The summed E-state index contributed by atoms with van der Waals surface area (Å²) in [4.78, 5) is 0. The molecule has 2 heterocycles. The second-order valence-corrected chi connectivity index (χ2v) is 6.07. The minimum atomic E-state index is 0.579. The highest BCUT2D eigenvalue weighted by Crippen LogP contribution is 2.44. The molecule has 0 atom stereocenters. The maximum Gasteiger partial charge on any atom is 0.139 e. The Kier molecular flexibility index (Phi) is 3.48. The molecule has 112 valence electrons. The Morgan fingerprint density at radius 1 is 0.955 bits per heavy atom. The molecule has 3 nitrogen and oxygen atoms in total. The van der Waals surface area contributed by atoms with Gasteiger partial charge in [0.05, 0.1) is 0 Å². The molecule has 0 aliphatic carbocycles. The molecule has 0 saturated heterocycles. The summed E-state index contributed by atoms with van der Waals surface area (Å²) in [5, 5.41) is 0. The molecule has 2 aliphatic heterocycles. The van der Waals surface area contributed by atoms with E-state index in [2.05, 4.69) is 53.8 Å². The summed E-state index contributed by atoms with van der Waals surface area (Å²) < 4.78 is 18.1.